The molecule has 0 radical (unpaired) electrons. The summed E-state index contributed by atoms with van der Waals surface area (Å²) in [4.78, 5) is 14.8. The van der Waals surface area contributed by atoms with Crippen LogP contribution in [-0.4, -0.2) is 29.3 Å². The predicted molar refractivity (Wildman–Crippen MR) is 103 cm³/mol. The number of aromatic amines is 1. The summed E-state index contributed by atoms with van der Waals surface area (Å²) in [5.74, 6) is 1.18. The van der Waals surface area contributed by atoms with Gasteiger partial charge in [-0.2, -0.15) is 5.10 Å². The topological polar surface area (TPSA) is 67.0 Å². The number of carbonyl (C=O) groups is 1. The molecule has 0 spiro atoms. The first-order chi connectivity index (χ1) is 12.7. The molecule has 0 bridgehead atoms. The van der Waals surface area contributed by atoms with Gasteiger partial charge in [-0.25, -0.2) is 0 Å². The molecule has 2 aromatic heterocycles. The lowest BCUT2D eigenvalue weighted by atomic mass is 9.97. The number of nitrogens with one attached hydrogen (secondary N) is 2. The van der Waals surface area contributed by atoms with Crippen LogP contribution >= 0.6 is 11.3 Å². The van der Waals surface area contributed by atoms with E-state index in [1.165, 1.54) is 10.4 Å². The van der Waals surface area contributed by atoms with Gasteiger partial charge in [-0.3, -0.25) is 9.89 Å². The van der Waals surface area contributed by atoms with Gasteiger partial charge in [-0.1, -0.05) is 18.2 Å². The second-order valence-electron chi connectivity index (χ2n) is 6.60. The lowest BCUT2D eigenvalue weighted by molar-refractivity contribution is 0.0940. The number of thiophene rings is 1. The van der Waals surface area contributed by atoms with E-state index < -0.39 is 0 Å². The second kappa shape index (κ2) is 7.33. The highest BCUT2D eigenvalue weighted by Gasteiger charge is 2.19. The Labute approximate surface area is 156 Å². The summed E-state index contributed by atoms with van der Waals surface area (Å²) in [6, 6.07) is 14.0. The van der Waals surface area contributed by atoms with Crippen LogP contribution in [0.3, 0.4) is 0 Å². The monoisotopic (exact) mass is 367 g/mol. The normalized spacial score (nSPS) is 16.4. The van der Waals surface area contributed by atoms with Crippen molar-refractivity contribution in [2.75, 3.05) is 13.2 Å². The lowest BCUT2D eigenvalue weighted by Crippen LogP contribution is -2.30. The molecule has 0 aliphatic carbocycles. The number of amides is 1. The van der Waals surface area contributed by atoms with Crippen molar-refractivity contribution in [2.45, 2.75) is 19.8 Å². The van der Waals surface area contributed by atoms with E-state index in [0.717, 1.165) is 29.2 Å². The first kappa shape index (κ1) is 16.8. The van der Waals surface area contributed by atoms with E-state index in [1.54, 1.807) is 11.3 Å². The maximum Gasteiger partial charge on any atom is 0.271 e. The van der Waals surface area contributed by atoms with Crippen LogP contribution in [0.5, 0.6) is 5.75 Å². The van der Waals surface area contributed by atoms with Gasteiger partial charge in [-0.15, -0.1) is 11.3 Å². The first-order valence-electron chi connectivity index (χ1n) is 8.80. The maximum absolute atomic E-state index is 12.4. The third kappa shape index (κ3) is 3.65. The van der Waals surface area contributed by atoms with Crippen LogP contribution in [0.25, 0.3) is 10.6 Å². The SMILES string of the molecule is Cc1ccc(-c2cc(C(=O)NC[C@@H]3CCOc4ccccc4C3)n[nH]2)s1. The molecule has 0 fully saturated rings. The smallest absolute Gasteiger partial charge is 0.271 e. The van der Waals surface area contributed by atoms with Crippen LogP contribution in [0.2, 0.25) is 0 Å². The summed E-state index contributed by atoms with van der Waals surface area (Å²) in [5, 5.41) is 10.1. The van der Waals surface area contributed by atoms with Crippen LogP contribution in [0.4, 0.5) is 0 Å². The number of fused-ring (bicyclic) bond motifs is 1. The van der Waals surface area contributed by atoms with E-state index in [1.807, 2.05) is 30.3 Å². The number of H-pyrrole nitrogens is 1. The summed E-state index contributed by atoms with van der Waals surface area (Å²) in [6.45, 7) is 3.37. The van der Waals surface area contributed by atoms with Crippen molar-refractivity contribution in [1.82, 2.24) is 15.5 Å². The van der Waals surface area contributed by atoms with Gasteiger partial charge in [0.1, 0.15) is 5.75 Å². The quantitative estimate of drug-likeness (QED) is 0.737. The predicted octanol–water partition coefficient (Wildman–Crippen LogP) is 3.82. The number of aromatic nitrogens is 2. The number of aryl methyl sites for hydroxylation is 1. The Kier molecular flexibility index (Phi) is 4.75. The highest BCUT2D eigenvalue weighted by atomic mass is 32.1. The fourth-order valence-electron chi connectivity index (χ4n) is 3.21. The van der Waals surface area contributed by atoms with Crippen LogP contribution in [0.15, 0.2) is 42.5 Å². The molecule has 0 saturated carbocycles. The van der Waals surface area contributed by atoms with Crippen LogP contribution in [0, 0.1) is 12.8 Å². The number of carbonyl (C=O) groups excluding carboxylic acids is 1. The minimum Gasteiger partial charge on any atom is -0.493 e. The fraction of sp³-hybridized carbons (Fsp3) is 0.300. The highest BCUT2D eigenvalue weighted by molar-refractivity contribution is 7.15. The number of benzene rings is 1. The molecule has 1 amide bonds. The first-order valence-corrected chi connectivity index (χ1v) is 9.62. The number of hydrogen-bond acceptors (Lipinski definition) is 4. The highest BCUT2D eigenvalue weighted by Crippen LogP contribution is 2.27. The van der Waals surface area contributed by atoms with Gasteiger partial charge in [0.05, 0.1) is 17.2 Å². The number of hydrogen-bond donors (Lipinski definition) is 2. The third-order valence-corrected chi connectivity index (χ3v) is 5.67. The number of ether oxygens (including phenoxy) is 1. The minimum absolute atomic E-state index is 0.140. The molecule has 4 rings (SSSR count). The molecular weight excluding hydrogens is 346 g/mol. The molecule has 2 N–H and O–H groups in total. The van der Waals surface area contributed by atoms with Crippen LogP contribution in [0.1, 0.15) is 27.3 Å². The zero-order valence-electron chi connectivity index (χ0n) is 14.6. The van der Waals surface area contributed by atoms with Crippen molar-refractivity contribution in [3.05, 3.63) is 58.6 Å². The van der Waals surface area contributed by atoms with E-state index in [4.69, 9.17) is 4.74 Å². The molecule has 0 unspecified atom stereocenters. The summed E-state index contributed by atoms with van der Waals surface area (Å²) in [5.41, 5.74) is 2.51. The Hall–Kier alpha value is -2.60. The molecule has 6 heteroatoms. The Morgan fingerprint density at radius 2 is 2.23 bits per heavy atom. The van der Waals surface area contributed by atoms with Gasteiger partial charge in [0.15, 0.2) is 5.69 Å². The molecule has 26 heavy (non-hydrogen) atoms. The maximum atomic E-state index is 12.4. The molecule has 1 aliphatic rings. The molecule has 1 aromatic carbocycles. The van der Waals surface area contributed by atoms with Gasteiger partial charge in [0, 0.05) is 11.4 Å². The summed E-state index contributed by atoms with van der Waals surface area (Å²) in [7, 11) is 0. The van der Waals surface area contributed by atoms with Gasteiger partial charge < -0.3 is 10.1 Å². The van der Waals surface area contributed by atoms with E-state index in [2.05, 4.69) is 34.6 Å². The van der Waals surface area contributed by atoms with Crippen molar-refractivity contribution < 1.29 is 9.53 Å². The van der Waals surface area contributed by atoms with E-state index >= 15 is 0 Å². The molecule has 0 saturated heterocycles. The summed E-state index contributed by atoms with van der Waals surface area (Å²) in [6.07, 6.45) is 1.84. The van der Waals surface area contributed by atoms with Gasteiger partial charge in [0.25, 0.3) is 5.91 Å². The van der Waals surface area contributed by atoms with Crippen molar-refractivity contribution in [1.29, 1.82) is 0 Å². The Morgan fingerprint density at radius 1 is 1.35 bits per heavy atom. The van der Waals surface area contributed by atoms with E-state index in [9.17, 15) is 4.79 Å². The van der Waals surface area contributed by atoms with E-state index in [-0.39, 0.29) is 5.91 Å². The molecular formula is C20H21N3O2S. The number of para-hydroxylation sites is 1. The number of nitrogens with zero attached hydrogens (tertiary/aromatic N) is 1. The van der Waals surface area contributed by atoms with Crippen molar-refractivity contribution in [2.24, 2.45) is 5.92 Å². The molecule has 3 heterocycles. The average Bonchev–Trinajstić information content (AvgIpc) is 3.24. The van der Waals surface area contributed by atoms with Crippen molar-refractivity contribution >= 4 is 17.2 Å². The second-order valence-corrected chi connectivity index (χ2v) is 7.89. The number of rotatable bonds is 4. The summed E-state index contributed by atoms with van der Waals surface area (Å²) >= 11 is 1.68. The zero-order valence-corrected chi connectivity index (χ0v) is 15.4. The standard InChI is InChI=1S/C20H21N3O2S/c1-13-6-7-19(26-13)16-11-17(23-22-16)20(24)21-12-14-8-9-25-18-5-3-2-4-15(18)10-14/h2-7,11,14H,8-10,12H2,1H3,(H,21,24)(H,22,23)/t14-/m1/s1. The van der Waals surface area contributed by atoms with Crippen LogP contribution in [-0.2, 0) is 6.42 Å². The lowest BCUT2D eigenvalue weighted by Gasteiger charge is -2.14. The van der Waals surface area contributed by atoms with Crippen LogP contribution < -0.4 is 10.1 Å². The Morgan fingerprint density at radius 3 is 3.08 bits per heavy atom. The van der Waals surface area contributed by atoms with E-state index in [0.29, 0.717) is 24.8 Å². The molecule has 3 aromatic rings. The van der Waals surface area contributed by atoms with Gasteiger partial charge >= 0.3 is 0 Å². The largest absolute Gasteiger partial charge is 0.493 e. The Bertz CT molecular complexity index is 915. The average molecular weight is 367 g/mol. The fourth-order valence-corrected chi connectivity index (χ4v) is 4.04. The third-order valence-electron chi connectivity index (χ3n) is 4.63. The van der Waals surface area contributed by atoms with Crippen molar-refractivity contribution in [3.63, 3.8) is 0 Å². The molecule has 1 aliphatic heterocycles. The molecule has 1 atom stereocenters. The summed E-state index contributed by atoms with van der Waals surface area (Å²) < 4.78 is 5.80. The molecule has 134 valence electrons. The van der Waals surface area contributed by atoms with Gasteiger partial charge in [0.2, 0.25) is 0 Å². The minimum atomic E-state index is -0.140. The Balaban J connectivity index is 1.38. The molecule has 5 nitrogen and oxygen atoms in total. The van der Waals surface area contributed by atoms with Gasteiger partial charge in [-0.05, 0) is 55.5 Å². The zero-order chi connectivity index (χ0) is 17.9. The van der Waals surface area contributed by atoms with Crippen molar-refractivity contribution in [3.8, 4) is 16.3 Å².